The van der Waals surface area contributed by atoms with Crippen LogP contribution in [-0.2, 0) is 66.3 Å². The normalized spacial score (nSPS) is 44.2. The summed E-state index contributed by atoms with van der Waals surface area (Å²) in [7, 11) is 7.89. The standard InChI is InChI=1S/C26H44O14/c1-27-12-19-21(29-3)24(31-5)26(39-19,14-28-2)40-25-23(30-4)22(37-11-17-9-35-17)20(36-10-16-8-34-16)18(38-25)13-32-6-15-7-33-15/h15-25H,6-14H2,1-5H3/t15?,16?,17?,18-,19-,20-,21-,22+,23-,24+,25-,26+/m1/s1. The molecule has 0 N–H and O–H groups in total. The molecule has 14 nitrogen and oxygen atoms in total. The molecule has 3 unspecified atom stereocenters. The largest absolute Gasteiger partial charge is 0.382 e. The van der Waals surface area contributed by atoms with Crippen molar-refractivity contribution in [3.05, 3.63) is 0 Å². The maximum Gasteiger partial charge on any atom is 0.224 e. The summed E-state index contributed by atoms with van der Waals surface area (Å²) in [5.74, 6) is -1.40. The smallest absolute Gasteiger partial charge is 0.224 e. The Hall–Kier alpha value is -0.560. The Morgan fingerprint density at radius 2 is 1.25 bits per heavy atom. The van der Waals surface area contributed by atoms with Gasteiger partial charge < -0.3 is 66.3 Å². The van der Waals surface area contributed by atoms with E-state index in [1.165, 1.54) is 0 Å². The molecule has 0 spiro atoms. The molecular weight excluding hydrogens is 536 g/mol. The van der Waals surface area contributed by atoms with Crippen molar-refractivity contribution in [3.8, 4) is 0 Å². The van der Waals surface area contributed by atoms with Crippen LogP contribution in [0.1, 0.15) is 0 Å². The zero-order valence-electron chi connectivity index (χ0n) is 23.9. The highest BCUT2D eigenvalue weighted by Gasteiger charge is 2.61. The zero-order chi connectivity index (χ0) is 28.1. The van der Waals surface area contributed by atoms with E-state index >= 15 is 0 Å². The molecule has 0 aromatic rings. The van der Waals surface area contributed by atoms with Gasteiger partial charge in [-0.15, -0.1) is 0 Å². The van der Waals surface area contributed by atoms with Crippen LogP contribution in [-0.4, -0.2) is 168 Å². The van der Waals surface area contributed by atoms with Crippen LogP contribution in [0.15, 0.2) is 0 Å². The summed E-state index contributed by atoms with van der Waals surface area (Å²) < 4.78 is 83.0. The van der Waals surface area contributed by atoms with Crippen LogP contribution in [0.5, 0.6) is 0 Å². The second kappa shape index (κ2) is 14.3. The molecule has 0 aromatic heterocycles. The molecular formula is C26H44O14. The number of ether oxygens (including phenoxy) is 14. The first-order chi connectivity index (χ1) is 19.5. The highest BCUT2D eigenvalue weighted by atomic mass is 16.8. The van der Waals surface area contributed by atoms with Gasteiger partial charge in [0.2, 0.25) is 5.79 Å². The van der Waals surface area contributed by atoms with E-state index < -0.39 is 54.8 Å². The first kappa shape index (κ1) is 30.9. The van der Waals surface area contributed by atoms with Crippen molar-refractivity contribution in [2.24, 2.45) is 0 Å². The molecule has 0 amide bonds. The molecule has 5 rings (SSSR count). The van der Waals surface area contributed by atoms with E-state index in [0.717, 1.165) is 0 Å². The summed E-state index contributed by atoms with van der Waals surface area (Å²) in [6, 6.07) is 0. The molecule has 5 fully saturated rings. The highest BCUT2D eigenvalue weighted by molar-refractivity contribution is 5.01. The van der Waals surface area contributed by atoms with Gasteiger partial charge >= 0.3 is 0 Å². The number of methoxy groups -OCH3 is 5. The predicted octanol–water partition coefficient (Wildman–Crippen LogP) is -0.856. The maximum atomic E-state index is 6.68. The van der Waals surface area contributed by atoms with E-state index in [-0.39, 0.29) is 38.1 Å². The first-order valence-electron chi connectivity index (χ1n) is 13.8. The van der Waals surface area contributed by atoms with Gasteiger partial charge in [-0.05, 0) is 0 Å². The van der Waals surface area contributed by atoms with Crippen LogP contribution in [0.4, 0.5) is 0 Å². The summed E-state index contributed by atoms with van der Waals surface area (Å²) >= 11 is 0. The summed E-state index contributed by atoms with van der Waals surface area (Å²) in [4.78, 5) is 0. The van der Waals surface area contributed by atoms with Gasteiger partial charge in [0.1, 0.15) is 67.6 Å². The van der Waals surface area contributed by atoms with E-state index in [2.05, 4.69) is 0 Å². The Bertz CT molecular complexity index is 764. The number of epoxide rings is 3. The fraction of sp³-hybridized carbons (Fsp3) is 1.00. The molecule has 0 bridgehead atoms. The highest BCUT2D eigenvalue weighted by Crippen LogP contribution is 2.40. The van der Waals surface area contributed by atoms with Gasteiger partial charge in [0.25, 0.3) is 0 Å². The minimum atomic E-state index is -1.40. The van der Waals surface area contributed by atoms with Gasteiger partial charge in [0.05, 0.1) is 52.9 Å². The van der Waals surface area contributed by atoms with Crippen molar-refractivity contribution in [1.82, 2.24) is 0 Å². The second-order valence-corrected chi connectivity index (χ2v) is 10.6. The molecule has 0 saturated carbocycles. The third kappa shape index (κ3) is 7.50. The lowest BCUT2D eigenvalue weighted by Gasteiger charge is -2.47. The topological polar surface area (TPSA) is 139 Å². The second-order valence-electron chi connectivity index (χ2n) is 10.6. The van der Waals surface area contributed by atoms with E-state index in [1.54, 1.807) is 35.5 Å². The molecule has 40 heavy (non-hydrogen) atoms. The van der Waals surface area contributed by atoms with Crippen LogP contribution < -0.4 is 0 Å². The van der Waals surface area contributed by atoms with Gasteiger partial charge in [-0.3, -0.25) is 0 Å². The van der Waals surface area contributed by atoms with Crippen molar-refractivity contribution in [3.63, 3.8) is 0 Å². The van der Waals surface area contributed by atoms with Crippen molar-refractivity contribution in [1.29, 1.82) is 0 Å². The molecule has 5 saturated heterocycles. The van der Waals surface area contributed by atoms with Crippen LogP contribution in [0, 0.1) is 0 Å². The van der Waals surface area contributed by atoms with Crippen molar-refractivity contribution < 1.29 is 66.3 Å². The van der Waals surface area contributed by atoms with Gasteiger partial charge in [0, 0.05) is 35.5 Å². The molecule has 232 valence electrons. The van der Waals surface area contributed by atoms with Gasteiger partial charge in [-0.2, -0.15) is 0 Å². The average molecular weight is 581 g/mol. The summed E-state index contributed by atoms with van der Waals surface area (Å²) in [6.45, 7) is 3.75. The Morgan fingerprint density at radius 1 is 0.625 bits per heavy atom. The third-order valence-electron chi connectivity index (χ3n) is 7.57. The quantitative estimate of drug-likeness (QED) is 0.175. The number of rotatable bonds is 19. The summed E-state index contributed by atoms with van der Waals surface area (Å²) in [5, 5.41) is 0. The van der Waals surface area contributed by atoms with E-state index in [4.69, 9.17) is 66.3 Å². The minimum absolute atomic E-state index is 0.0296. The Labute approximate surface area is 234 Å². The Kier molecular flexibility index (Phi) is 11.0. The van der Waals surface area contributed by atoms with Crippen LogP contribution >= 0.6 is 0 Å². The van der Waals surface area contributed by atoms with Crippen molar-refractivity contribution in [2.75, 3.05) is 95.0 Å². The lowest BCUT2D eigenvalue weighted by molar-refractivity contribution is -0.392. The molecule has 0 aliphatic carbocycles. The van der Waals surface area contributed by atoms with E-state index in [0.29, 0.717) is 39.6 Å². The van der Waals surface area contributed by atoms with E-state index in [1.807, 2.05) is 0 Å². The molecule has 14 heteroatoms. The predicted molar refractivity (Wildman–Crippen MR) is 133 cm³/mol. The van der Waals surface area contributed by atoms with Crippen molar-refractivity contribution in [2.45, 2.75) is 73.1 Å². The van der Waals surface area contributed by atoms with Gasteiger partial charge in [0.15, 0.2) is 6.29 Å². The Morgan fingerprint density at radius 3 is 1.80 bits per heavy atom. The average Bonchev–Trinajstić information content (AvgIpc) is 3.79. The summed E-state index contributed by atoms with van der Waals surface area (Å²) in [6.07, 6.45) is -4.79. The molecule has 5 heterocycles. The molecule has 0 aromatic carbocycles. The molecule has 12 atom stereocenters. The fourth-order valence-corrected chi connectivity index (χ4v) is 5.35. The van der Waals surface area contributed by atoms with Crippen LogP contribution in [0.25, 0.3) is 0 Å². The fourth-order valence-electron chi connectivity index (χ4n) is 5.35. The Balaban J connectivity index is 1.39. The number of hydrogen-bond donors (Lipinski definition) is 0. The molecule has 0 radical (unpaired) electrons. The molecule has 5 aliphatic heterocycles. The molecule has 5 aliphatic rings. The number of hydrogen-bond acceptors (Lipinski definition) is 14. The maximum absolute atomic E-state index is 6.68. The SMILES string of the molecule is COC[C@H]1O[C@@](COC)(O[C@H]2O[C@H](COCC3CO3)[C@@H](OCC3CO3)[C@H](OCC3CO3)[C@H]2OC)[C@@H](OC)[C@@H]1OC. The van der Waals surface area contributed by atoms with E-state index in [9.17, 15) is 0 Å². The van der Waals surface area contributed by atoms with Gasteiger partial charge in [-0.25, -0.2) is 0 Å². The zero-order valence-corrected chi connectivity index (χ0v) is 23.9. The third-order valence-corrected chi connectivity index (χ3v) is 7.57. The lowest BCUT2D eigenvalue weighted by Crippen LogP contribution is -2.65. The lowest BCUT2D eigenvalue weighted by atomic mass is 9.97. The van der Waals surface area contributed by atoms with Crippen molar-refractivity contribution >= 4 is 0 Å². The van der Waals surface area contributed by atoms with Crippen LogP contribution in [0.3, 0.4) is 0 Å². The summed E-state index contributed by atoms with van der Waals surface area (Å²) in [5.41, 5.74) is 0. The monoisotopic (exact) mass is 580 g/mol. The first-order valence-corrected chi connectivity index (χ1v) is 13.8. The minimum Gasteiger partial charge on any atom is -0.382 e. The van der Waals surface area contributed by atoms with Crippen LogP contribution in [0.2, 0.25) is 0 Å². The van der Waals surface area contributed by atoms with Gasteiger partial charge in [-0.1, -0.05) is 0 Å².